The Morgan fingerprint density at radius 3 is 3.00 bits per heavy atom. The lowest BCUT2D eigenvalue weighted by atomic mass is 10.2. The summed E-state index contributed by atoms with van der Waals surface area (Å²) in [5, 5.41) is 0. The fourth-order valence-electron chi connectivity index (χ4n) is 0.729. The van der Waals surface area contributed by atoms with Crippen molar-refractivity contribution in [3.05, 3.63) is 17.8 Å². The zero-order valence-electron chi connectivity index (χ0n) is 6.16. The first-order chi connectivity index (χ1) is 5.27. The molecule has 2 N–H and O–H groups in total. The van der Waals surface area contributed by atoms with Crippen LogP contribution in [0.1, 0.15) is 5.56 Å². The van der Waals surface area contributed by atoms with Gasteiger partial charge < -0.3 is 10.5 Å². The molecule has 56 valence electrons. The summed E-state index contributed by atoms with van der Waals surface area (Å²) in [7, 11) is 1.54. The SMILES string of the molecule is C#Cc1cnc(N)cc1OC. The molecule has 0 aliphatic heterocycles. The average Bonchev–Trinajstić information content (AvgIpc) is 2.04. The minimum Gasteiger partial charge on any atom is -0.495 e. The van der Waals surface area contributed by atoms with Gasteiger partial charge in [-0.25, -0.2) is 4.98 Å². The number of pyridine rings is 1. The molecule has 11 heavy (non-hydrogen) atoms. The van der Waals surface area contributed by atoms with Gasteiger partial charge in [-0.2, -0.15) is 0 Å². The zero-order valence-corrected chi connectivity index (χ0v) is 6.16. The molecule has 0 atom stereocenters. The van der Waals surface area contributed by atoms with E-state index in [1.54, 1.807) is 6.07 Å². The third-order valence-electron chi connectivity index (χ3n) is 1.26. The number of terminal acetylenes is 1. The highest BCUT2D eigenvalue weighted by Gasteiger charge is 1.99. The van der Waals surface area contributed by atoms with E-state index in [4.69, 9.17) is 16.9 Å². The van der Waals surface area contributed by atoms with Crippen LogP contribution >= 0.6 is 0 Å². The molecule has 0 radical (unpaired) electrons. The van der Waals surface area contributed by atoms with Crippen LogP contribution in [0.5, 0.6) is 5.75 Å². The molecule has 1 aromatic heterocycles. The number of nitrogens with two attached hydrogens (primary N) is 1. The Bertz CT molecular complexity index is 301. The standard InChI is InChI=1S/C8H8N2O/c1-3-6-5-10-8(9)4-7(6)11-2/h1,4-5H,2H3,(H2,9,10). The molecule has 0 saturated carbocycles. The third kappa shape index (κ3) is 1.41. The second-order valence-corrected chi connectivity index (χ2v) is 1.95. The van der Waals surface area contributed by atoms with Gasteiger partial charge in [-0.1, -0.05) is 5.92 Å². The zero-order chi connectivity index (χ0) is 8.27. The molecule has 0 unspecified atom stereocenters. The first-order valence-corrected chi connectivity index (χ1v) is 3.04. The van der Waals surface area contributed by atoms with Crippen molar-refractivity contribution in [3.8, 4) is 18.1 Å². The normalized spacial score (nSPS) is 8.73. The lowest BCUT2D eigenvalue weighted by Crippen LogP contribution is -1.94. The van der Waals surface area contributed by atoms with E-state index in [0.717, 1.165) is 0 Å². The number of rotatable bonds is 1. The van der Waals surface area contributed by atoms with E-state index in [1.807, 2.05) is 0 Å². The van der Waals surface area contributed by atoms with Crippen LogP contribution in [0.4, 0.5) is 5.82 Å². The molecule has 0 aliphatic rings. The van der Waals surface area contributed by atoms with Crippen LogP contribution in [0.2, 0.25) is 0 Å². The number of nitrogens with zero attached hydrogens (tertiary/aromatic N) is 1. The van der Waals surface area contributed by atoms with Crippen molar-refractivity contribution >= 4 is 5.82 Å². The van der Waals surface area contributed by atoms with Crippen LogP contribution in [0.25, 0.3) is 0 Å². The number of methoxy groups -OCH3 is 1. The summed E-state index contributed by atoms with van der Waals surface area (Å²) in [4.78, 5) is 3.81. The van der Waals surface area contributed by atoms with Gasteiger partial charge in [0.2, 0.25) is 0 Å². The fourth-order valence-corrected chi connectivity index (χ4v) is 0.729. The van der Waals surface area contributed by atoms with Crippen LogP contribution < -0.4 is 10.5 Å². The van der Waals surface area contributed by atoms with Crippen LogP contribution in [-0.2, 0) is 0 Å². The number of hydrogen-bond donors (Lipinski definition) is 1. The molecule has 0 aliphatic carbocycles. The Kier molecular flexibility index (Phi) is 1.98. The summed E-state index contributed by atoms with van der Waals surface area (Å²) in [6, 6.07) is 1.59. The van der Waals surface area contributed by atoms with E-state index >= 15 is 0 Å². The number of anilines is 1. The number of nitrogen functional groups attached to an aromatic ring is 1. The molecule has 0 aromatic carbocycles. The van der Waals surface area contributed by atoms with Crippen LogP contribution in [0.15, 0.2) is 12.3 Å². The third-order valence-corrected chi connectivity index (χ3v) is 1.26. The maximum absolute atomic E-state index is 5.40. The molecule has 3 heteroatoms. The van der Waals surface area contributed by atoms with Gasteiger partial charge in [-0.15, -0.1) is 6.42 Å². The Morgan fingerprint density at radius 2 is 2.45 bits per heavy atom. The maximum atomic E-state index is 5.40. The molecule has 0 amide bonds. The second kappa shape index (κ2) is 2.93. The molecular formula is C8H8N2O. The van der Waals surface area contributed by atoms with Gasteiger partial charge in [0.15, 0.2) is 0 Å². The van der Waals surface area contributed by atoms with Crippen LogP contribution in [0.3, 0.4) is 0 Å². The van der Waals surface area contributed by atoms with Crippen molar-refractivity contribution in [2.24, 2.45) is 0 Å². The number of ether oxygens (including phenoxy) is 1. The molecular weight excluding hydrogens is 140 g/mol. The summed E-state index contributed by atoms with van der Waals surface area (Å²) >= 11 is 0. The second-order valence-electron chi connectivity index (χ2n) is 1.95. The van der Waals surface area contributed by atoms with Crippen molar-refractivity contribution in [2.45, 2.75) is 0 Å². The van der Waals surface area contributed by atoms with Gasteiger partial charge in [0.25, 0.3) is 0 Å². The predicted molar refractivity (Wildman–Crippen MR) is 43.1 cm³/mol. The quantitative estimate of drug-likeness (QED) is 0.595. The summed E-state index contributed by atoms with van der Waals surface area (Å²) in [6.45, 7) is 0. The molecule has 1 aromatic rings. The summed E-state index contributed by atoms with van der Waals surface area (Å²) in [5.74, 6) is 3.42. The van der Waals surface area contributed by atoms with Crippen LogP contribution in [0, 0.1) is 12.3 Å². The topological polar surface area (TPSA) is 48.1 Å². The van der Waals surface area contributed by atoms with Gasteiger partial charge in [0.1, 0.15) is 11.6 Å². The van der Waals surface area contributed by atoms with Gasteiger partial charge in [0, 0.05) is 12.3 Å². The van der Waals surface area contributed by atoms with E-state index in [2.05, 4.69) is 10.9 Å². The van der Waals surface area contributed by atoms with Gasteiger partial charge in [-0.05, 0) is 0 Å². The lowest BCUT2D eigenvalue weighted by molar-refractivity contribution is 0.413. The van der Waals surface area contributed by atoms with E-state index in [-0.39, 0.29) is 0 Å². The maximum Gasteiger partial charge on any atom is 0.139 e. The molecule has 3 nitrogen and oxygen atoms in total. The molecule has 0 saturated heterocycles. The van der Waals surface area contributed by atoms with Crippen molar-refractivity contribution in [2.75, 3.05) is 12.8 Å². The summed E-state index contributed by atoms with van der Waals surface area (Å²) in [5.41, 5.74) is 6.01. The van der Waals surface area contributed by atoms with Gasteiger partial charge in [0.05, 0.1) is 12.7 Å². The smallest absolute Gasteiger partial charge is 0.139 e. The van der Waals surface area contributed by atoms with Gasteiger partial charge >= 0.3 is 0 Å². The first kappa shape index (κ1) is 7.42. The Hall–Kier alpha value is -1.69. The van der Waals surface area contributed by atoms with Crippen molar-refractivity contribution in [3.63, 3.8) is 0 Å². The summed E-state index contributed by atoms with van der Waals surface area (Å²) in [6.07, 6.45) is 6.67. The Labute approximate surface area is 65.2 Å². The number of hydrogen-bond acceptors (Lipinski definition) is 3. The lowest BCUT2D eigenvalue weighted by Gasteiger charge is -2.02. The highest BCUT2D eigenvalue weighted by atomic mass is 16.5. The Morgan fingerprint density at radius 1 is 1.73 bits per heavy atom. The molecule has 0 fully saturated rings. The fraction of sp³-hybridized carbons (Fsp3) is 0.125. The van der Waals surface area contributed by atoms with E-state index in [0.29, 0.717) is 17.1 Å². The predicted octanol–water partition coefficient (Wildman–Crippen LogP) is 0.654. The molecule has 1 rings (SSSR count). The minimum absolute atomic E-state index is 0.404. The van der Waals surface area contributed by atoms with E-state index in [9.17, 15) is 0 Å². The van der Waals surface area contributed by atoms with Crippen LogP contribution in [-0.4, -0.2) is 12.1 Å². The minimum atomic E-state index is 0.404. The highest BCUT2D eigenvalue weighted by Crippen LogP contribution is 2.17. The monoisotopic (exact) mass is 148 g/mol. The molecule has 1 heterocycles. The molecule has 0 bridgehead atoms. The van der Waals surface area contributed by atoms with Gasteiger partial charge in [-0.3, -0.25) is 0 Å². The highest BCUT2D eigenvalue weighted by molar-refractivity contribution is 5.48. The average molecular weight is 148 g/mol. The van der Waals surface area contributed by atoms with Crippen molar-refractivity contribution < 1.29 is 4.74 Å². The van der Waals surface area contributed by atoms with E-state index in [1.165, 1.54) is 13.3 Å². The summed E-state index contributed by atoms with van der Waals surface area (Å²) < 4.78 is 4.95. The van der Waals surface area contributed by atoms with Crippen molar-refractivity contribution in [1.29, 1.82) is 0 Å². The largest absolute Gasteiger partial charge is 0.495 e. The Balaban J connectivity index is 3.19. The first-order valence-electron chi connectivity index (χ1n) is 3.04. The van der Waals surface area contributed by atoms with E-state index < -0.39 is 0 Å². The number of aromatic nitrogens is 1. The molecule has 0 spiro atoms. The van der Waals surface area contributed by atoms with Crippen molar-refractivity contribution in [1.82, 2.24) is 4.98 Å².